The Morgan fingerprint density at radius 1 is 1.12 bits per heavy atom. The van der Waals surface area contributed by atoms with Crippen molar-refractivity contribution in [3.05, 3.63) is 48.1 Å². The summed E-state index contributed by atoms with van der Waals surface area (Å²) in [6.07, 6.45) is 4.83. The van der Waals surface area contributed by atoms with Gasteiger partial charge in [-0.3, -0.25) is 0 Å². The van der Waals surface area contributed by atoms with Crippen molar-refractivity contribution in [2.75, 3.05) is 0 Å². The minimum Gasteiger partial charge on any atom is -0.0533 e. The van der Waals surface area contributed by atoms with Crippen molar-refractivity contribution >= 4 is 50.8 Å². The Morgan fingerprint density at radius 3 is 2.65 bits per heavy atom. The Kier molecular flexibility index (Phi) is 2.93. The molecule has 2 heteroatoms. The van der Waals surface area contributed by atoms with E-state index in [9.17, 15) is 0 Å². The number of allylic oxidation sites excluding steroid dienone is 4. The van der Waals surface area contributed by atoms with E-state index in [0.717, 1.165) is 0 Å². The van der Waals surface area contributed by atoms with E-state index in [1.807, 2.05) is 0 Å². The van der Waals surface area contributed by atoms with Gasteiger partial charge in [-0.05, 0) is 102 Å². The third-order valence-electron chi connectivity index (χ3n) is 3.89. The van der Waals surface area contributed by atoms with E-state index in [4.69, 9.17) is 0 Å². The maximum Gasteiger partial charge on any atom is 0.0156 e. The summed E-state index contributed by atoms with van der Waals surface area (Å²) in [5.74, 6) is 0. The third-order valence-corrected chi connectivity index (χ3v) is 5.42. The lowest BCUT2D eigenvalue weighted by Crippen LogP contribution is -2.17. The first kappa shape index (κ1) is 12.2. The summed E-state index contributed by atoms with van der Waals surface area (Å²) in [6, 6.07) is 6.90. The Balaban J connectivity index is 2.26. The van der Waals surface area contributed by atoms with Crippen LogP contribution in [-0.4, -0.2) is 0 Å². The first-order valence-electron chi connectivity index (χ1n) is 5.90. The molecule has 88 valence electrons. The van der Waals surface area contributed by atoms with E-state index >= 15 is 0 Å². The molecular formula is C15H14I2. The molecule has 0 aliphatic heterocycles. The predicted octanol–water partition coefficient (Wildman–Crippen LogP) is 5.45. The highest BCUT2D eigenvalue weighted by molar-refractivity contribution is 14.1. The number of halogens is 2. The summed E-state index contributed by atoms with van der Waals surface area (Å²) in [5, 5.41) is 0. The van der Waals surface area contributed by atoms with E-state index in [2.05, 4.69) is 83.3 Å². The number of rotatable bonds is 0. The maximum atomic E-state index is 2.48. The van der Waals surface area contributed by atoms with Gasteiger partial charge in [-0.2, -0.15) is 0 Å². The molecule has 0 unspecified atom stereocenters. The largest absolute Gasteiger partial charge is 0.0533 e. The van der Waals surface area contributed by atoms with Crippen LogP contribution in [0.4, 0.5) is 0 Å². The van der Waals surface area contributed by atoms with Crippen molar-refractivity contribution in [1.82, 2.24) is 0 Å². The van der Waals surface area contributed by atoms with Crippen molar-refractivity contribution < 1.29 is 0 Å². The molecule has 2 aliphatic rings. The summed E-state index contributed by atoms with van der Waals surface area (Å²) in [5.41, 5.74) is 6.32. The summed E-state index contributed by atoms with van der Waals surface area (Å²) in [4.78, 5) is 0. The normalized spacial score (nSPS) is 21.1. The molecule has 0 bridgehead atoms. The van der Waals surface area contributed by atoms with E-state index in [-0.39, 0.29) is 5.41 Å². The van der Waals surface area contributed by atoms with Gasteiger partial charge in [-0.15, -0.1) is 0 Å². The number of fused-ring (bicyclic) bond motifs is 2. The van der Waals surface area contributed by atoms with Gasteiger partial charge >= 0.3 is 0 Å². The molecule has 0 atom stereocenters. The Labute approximate surface area is 130 Å². The van der Waals surface area contributed by atoms with Crippen molar-refractivity contribution in [3.63, 3.8) is 0 Å². The van der Waals surface area contributed by atoms with Crippen molar-refractivity contribution in [3.8, 4) is 0 Å². The summed E-state index contributed by atoms with van der Waals surface area (Å²) >= 11 is 4.89. The smallest absolute Gasteiger partial charge is 0.0156 e. The van der Waals surface area contributed by atoms with Gasteiger partial charge in [0.25, 0.3) is 0 Å². The minimum atomic E-state index is 0.183. The standard InChI is InChI=1S/C15H14I2/c1-15(2)13-7-9(16)3-5-11(13)12-6-4-10(17)8-14(12)15/h3,5,7-8H,4,6H2,1-2H3. The molecule has 0 nitrogen and oxygen atoms in total. The first-order valence-corrected chi connectivity index (χ1v) is 8.06. The van der Waals surface area contributed by atoms with Gasteiger partial charge in [0.15, 0.2) is 0 Å². The quantitative estimate of drug-likeness (QED) is 0.464. The topological polar surface area (TPSA) is 0 Å². The van der Waals surface area contributed by atoms with Crippen LogP contribution in [0.1, 0.15) is 37.8 Å². The Bertz CT molecular complexity index is 562. The van der Waals surface area contributed by atoms with Crippen molar-refractivity contribution in [1.29, 1.82) is 0 Å². The molecule has 0 spiro atoms. The van der Waals surface area contributed by atoms with Crippen molar-refractivity contribution in [2.45, 2.75) is 32.1 Å². The summed E-state index contributed by atoms with van der Waals surface area (Å²) in [7, 11) is 0. The Morgan fingerprint density at radius 2 is 1.88 bits per heavy atom. The van der Waals surface area contributed by atoms with Gasteiger partial charge in [0.05, 0.1) is 0 Å². The van der Waals surface area contributed by atoms with Crippen LogP contribution in [-0.2, 0) is 5.41 Å². The zero-order valence-electron chi connectivity index (χ0n) is 9.98. The minimum absolute atomic E-state index is 0.183. The highest BCUT2D eigenvalue weighted by atomic mass is 127. The zero-order chi connectivity index (χ0) is 12.2. The van der Waals surface area contributed by atoms with E-state index < -0.39 is 0 Å². The number of benzene rings is 1. The van der Waals surface area contributed by atoms with Crippen molar-refractivity contribution in [2.24, 2.45) is 0 Å². The molecule has 0 fully saturated rings. The molecule has 0 N–H and O–H groups in total. The molecule has 0 heterocycles. The molecule has 0 saturated heterocycles. The van der Waals surface area contributed by atoms with Gasteiger partial charge in [-0.1, -0.05) is 19.9 Å². The van der Waals surface area contributed by atoms with Gasteiger partial charge in [0.1, 0.15) is 0 Å². The average molecular weight is 448 g/mol. The van der Waals surface area contributed by atoms with E-state index in [1.54, 1.807) is 11.1 Å². The molecular weight excluding hydrogens is 434 g/mol. The molecule has 3 rings (SSSR count). The third kappa shape index (κ3) is 1.82. The molecule has 1 aromatic carbocycles. The van der Waals surface area contributed by atoms with Crippen LogP contribution < -0.4 is 0 Å². The molecule has 17 heavy (non-hydrogen) atoms. The highest BCUT2D eigenvalue weighted by Crippen LogP contribution is 2.51. The monoisotopic (exact) mass is 448 g/mol. The van der Waals surface area contributed by atoms with Gasteiger partial charge in [-0.25, -0.2) is 0 Å². The van der Waals surface area contributed by atoms with E-state index in [0.29, 0.717) is 0 Å². The number of hydrogen-bond donors (Lipinski definition) is 0. The Hall–Kier alpha value is 0.160. The maximum absolute atomic E-state index is 2.48. The molecule has 0 aromatic heterocycles. The van der Waals surface area contributed by atoms with Crippen LogP contribution in [0.2, 0.25) is 0 Å². The predicted molar refractivity (Wildman–Crippen MR) is 90.4 cm³/mol. The first-order chi connectivity index (χ1) is 8.00. The fraction of sp³-hybridized carbons (Fsp3) is 0.333. The summed E-state index contributed by atoms with van der Waals surface area (Å²) < 4.78 is 2.84. The second kappa shape index (κ2) is 4.08. The lowest BCUT2D eigenvalue weighted by atomic mass is 9.80. The lowest BCUT2D eigenvalue weighted by molar-refractivity contribution is 0.650. The van der Waals surface area contributed by atoms with Gasteiger partial charge in [0.2, 0.25) is 0 Å². The fourth-order valence-corrected chi connectivity index (χ4v) is 4.05. The molecule has 0 saturated carbocycles. The van der Waals surface area contributed by atoms with Gasteiger partial charge in [0, 0.05) is 8.99 Å². The van der Waals surface area contributed by atoms with Crippen LogP contribution in [0.3, 0.4) is 0 Å². The number of hydrogen-bond acceptors (Lipinski definition) is 0. The summed E-state index contributed by atoms with van der Waals surface area (Å²) in [6.45, 7) is 4.71. The lowest BCUT2D eigenvalue weighted by Gasteiger charge is -2.24. The SMILES string of the molecule is CC1(C)C2=C(CCC(I)=C2)c2ccc(I)cc21. The molecule has 0 amide bonds. The second-order valence-corrected chi connectivity index (χ2v) is 7.93. The van der Waals surface area contributed by atoms with Crippen LogP contribution >= 0.6 is 45.2 Å². The van der Waals surface area contributed by atoms with Crippen LogP contribution in [0, 0.1) is 3.57 Å². The fourth-order valence-electron chi connectivity index (χ4n) is 2.97. The van der Waals surface area contributed by atoms with Crippen LogP contribution in [0.25, 0.3) is 5.57 Å². The zero-order valence-corrected chi connectivity index (χ0v) is 14.3. The average Bonchev–Trinajstić information content (AvgIpc) is 2.49. The molecule has 0 radical (unpaired) electrons. The van der Waals surface area contributed by atoms with Crippen LogP contribution in [0.15, 0.2) is 33.4 Å². The van der Waals surface area contributed by atoms with Gasteiger partial charge < -0.3 is 0 Å². The van der Waals surface area contributed by atoms with Crippen LogP contribution in [0.5, 0.6) is 0 Å². The second-order valence-electron chi connectivity index (χ2n) is 5.30. The molecule has 2 aliphatic carbocycles. The highest BCUT2D eigenvalue weighted by Gasteiger charge is 2.37. The van der Waals surface area contributed by atoms with E-state index in [1.165, 1.54) is 31.1 Å². The molecule has 1 aromatic rings.